The maximum atomic E-state index is 12.7. The van der Waals surface area contributed by atoms with E-state index in [0.717, 1.165) is 17.5 Å². The van der Waals surface area contributed by atoms with Crippen LogP contribution in [0.3, 0.4) is 0 Å². The molecular weight excluding hydrogens is 320 g/mol. The number of amides is 2. The van der Waals surface area contributed by atoms with Gasteiger partial charge in [0, 0.05) is 34.7 Å². The normalized spacial score (nSPS) is 22.6. The summed E-state index contributed by atoms with van der Waals surface area (Å²) in [5.74, 6) is -0.286. The van der Waals surface area contributed by atoms with Crippen molar-refractivity contribution in [1.82, 2.24) is 10.2 Å². The number of ether oxygens (including phenoxy) is 2. The third-order valence-corrected chi connectivity index (χ3v) is 5.02. The summed E-state index contributed by atoms with van der Waals surface area (Å²) < 4.78 is 10.8. The average molecular weight is 348 g/mol. The number of methoxy groups -OCH3 is 2. The Labute approximate surface area is 149 Å². The number of nitrogens with one attached hydrogen (secondary N) is 1. The number of carbonyl (C=O) groups excluding carboxylic acids is 2. The van der Waals surface area contributed by atoms with Crippen molar-refractivity contribution < 1.29 is 19.1 Å². The lowest BCUT2D eigenvalue weighted by Crippen LogP contribution is -2.46. The highest BCUT2D eigenvalue weighted by atomic mass is 16.5. The molecule has 0 radical (unpaired) electrons. The molecule has 0 aliphatic heterocycles. The van der Waals surface area contributed by atoms with E-state index in [1.165, 1.54) is 6.92 Å². The SMILES string of the molecule is COCc1ccccc1CNC(=O)[C@@H]1CC[C@@H](N(C)C(C)=O)[C@H]1OC. The molecule has 1 fully saturated rings. The van der Waals surface area contributed by atoms with E-state index in [2.05, 4.69) is 5.32 Å². The van der Waals surface area contributed by atoms with Gasteiger partial charge in [-0.15, -0.1) is 0 Å². The maximum Gasteiger partial charge on any atom is 0.226 e. The summed E-state index contributed by atoms with van der Waals surface area (Å²) >= 11 is 0. The molecule has 1 saturated carbocycles. The first-order valence-electron chi connectivity index (χ1n) is 8.59. The Hall–Kier alpha value is -1.92. The Morgan fingerprint density at radius 1 is 1.20 bits per heavy atom. The Kier molecular flexibility index (Phi) is 6.96. The number of likely N-dealkylation sites (N-methyl/N-ethyl adjacent to an activating group) is 1. The Morgan fingerprint density at radius 3 is 2.48 bits per heavy atom. The van der Waals surface area contributed by atoms with Crippen LogP contribution in [0.5, 0.6) is 0 Å². The molecule has 1 aliphatic carbocycles. The molecule has 0 heterocycles. The first-order valence-corrected chi connectivity index (χ1v) is 8.59. The maximum absolute atomic E-state index is 12.7. The van der Waals surface area contributed by atoms with Crippen LogP contribution in [0, 0.1) is 5.92 Å². The smallest absolute Gasteiger partial charge is 0.226 e. The van der Waals surface area contributed by atoms with Crippen molar-refractivity contribution in [2.24, 2.45) is 5.92 Å². The van der Waals surface area contributed by atoms with Gasteiger partial charge in [0.25, 0.3) is 0 Å². The number of carbonyl (C=O) groups is 2. The summed E-state index contributed by atoms with van der Waals surface area (Å²) in [4.78, 5) is 26.0. The highest BCUT2D eigenvalue weighted by Gasteiger charge is 2.42. The van der Waals surface area contributed by atoms with E-state index in [9.17, 15) is 9.59 Å². The minimum atomic E-state index is -0.275. The van der Waals surface area contributed by atoms with Crippen LogP contribution in [0.1, 0.15) is 30.9 Å². The van der Waals surface area contributed by atoms with Crippen LogP contribution in [-0.2, 0) is 32.2 Å². The predicted octanol–water partition coefficient (Wildman–Crippen LogP) is 1.72. The Morgan fingerprint density at radius 2 is 1.88 bits per heavy atom. The van der Waals surface area contributed by atoms with Crippen molar-refractivity contribution in [3.8, 4) is 0 Å². The van der Waals surface area contributed by atoms with Crippen LogP contribution >= 0.6 is 0 Å². The van der Waals surface area contributed by atoms with E-state index in [1.54, 1.807) is 26.2 Å². The summed E-state index contributed by atoms with van der Waals surface area (Å²) in [6.45, 7) is 2.51. The van der Waals surface area contributed by atoms with Crippen LogP contribution in [-0.4, -0.2) is 50.1 Å². The number of benzene rings is 1. The molecule has 2 amide bonds. The van der Waals surface area contributed by atoms with E-state index >= 15 is 0 Å². The number of hydrogen-bond acceptors (Lipinski definition) is 4. The fourth-order valence-corrected chi connectivity index (χ4v) is 3.54. The summed E-state index contributed by atoms with van der Waals surface area (Å²) in [7, 11) is 5.02. The van der Waals surface area contributed by atoms with Gasteiger partial charge in [-0.2, -0.15) is 0 Å². The van der Waals surface area contributed by atoms with E-state index in [-0.39, 0.29) is 29.9 Å². The summed E-state index contributed by atoms with van der Waals surface area (Å²) in [5.41, 5.74) is 2.11. The lowest BCUT2D eigenvalue weighted by molar-refractivity contribution is -0.135. The topological polar surface area (TPSA) is 67.9 Å². The van der Waals surface area contributed by atoms with Crippen molar-refractivity contribution >= 4 is 11.8 Å². The van der Waals surface area contributed by atoms with Crippen molar-refractivity contribution in [2.45, 2.75) is 45.1 Å². The van der Waals surface area contributed by atoms with Crippen LogP contribution in [0.2, 0.25) is 0 Å². The van der Waals surface area contributed by atoms with E-state index in [0.29, 0.717) is 19.6 Å². The van der Waals surface area contributed by atoms with Gasteiger partial charge < -0.3 is 19.7 Å². The molecule has 0 saturated heterocycles. The van der Waals surface area contributed by atoms with Gasteiger partial charge in [-0.05, 0) is 24.0 Å². The Bertz CT molecular complexity index is 605. The molecule has 2 rings (SSSR count). The number of nitrogens with zero attached hydrogens (tertiary/aromatic N) is 1. The second-order valence-electron chi connectivity index (χ2n) is 6.50. The van der Waals surface area contributed by atoms with Gasteiger partial charge in [0.2, 0.25) is 11.8 Å². The molecule has 0 bridgehead atoms. The van der Waals surface area contributed by atoms with Gasteiger partial charge >= 0.3 is 0 Å². The zero-order valence-electron chi connectivity index (χ0n) is 15.5. The minimum Gasteiger partial charge on any atom is -0.380 e. The van der Waals surface area contributed by atoms with Crippen LogP contribution in [0.4, 0.5) is 0 Å². The average Bonchev–Trinajstić information content (AvgIpc) is 3.04. The molecule has 0 spiro atoms. The van der Waals surface area contributed by atoms with Crippen molar-refractivity contribution in [1.29, 1.82) is 0 Å². The lowest BCUT2D eigenvalue weighted by atomic mass is 10.0. The van der Waals surface area contributed by atoms with Gasteiger partial charge in [-0.3, -0.25) is 9.59 Å². The van der Waals surface area contributed by atoms with E-state index in [1.807, 2.05) is 24.3 Å². The summed E-state index contributed by atoms with van der Waals surface area (Å²) in [5, 5.41) is 3.01. The van der Waals surface area contributed by atoms with Crippen LogP contribution in [0.25, 0.3) is 0 Å². The van der Waals surface area contributed by atoms with Gasteiger partial charge in [0.15, 0.2) is 0 Å². The quantitative estimate of drug-likeness (QED) is 0.815. The fourth-order valence-electron chi connectivity index (χ4n) is 3.54. The van der Waals surface area contributed by atoms with Crippen molar-refractivity contribution in [3.05, 3.63) is 35.4 Å². The molecule has 138 valence electrons. The van der Waals surface area contributed by atoms with Crippen LogP contribution < -0.4 is 5.32 Å². The molecule has 0 unspecified atom stereocenters. The zero-order valence-corrected chi connectivity index (χ0v) is 15.5. The van der Waals surface area contributed by atoms with Gasteiger partial charge in [-0.25, -0.2) is 0 Å². The highest BCUT2D eigenvalue weighted by Crippen LogP contribution is 2.32. The molecule has 0 aromatic heterocycles. The number of hydrogen-bond donors (Lipinski definition) is 1. The predicted molar refractivity (Wildman–Crippen MR) is 94.8 cm³/mol. The zero-order chi connectivity index (χ0) is 18.4. The van der Waals surface area contributed by atoms with Crippen LogP contribution in [0.15, 0.2) is 24.3 Å². The molecule has 3 atom stereocenters. The molecule has 1 aromatic rings. The largest absolute Gasteiger partial charge is 0.380 e. The van der Waals surface area contributed by atoms with E-state index < -0.39 is 0 Å². The van der Waals surface area contributed by atoms with Gasteiger partial charge in [0.1, 0.15) is 0 Å². The molecular formula is C19H28N2O4. The molecule has 1 N–H and O–H groups in total. The standard InChI is InChI=1S/C19H28N2O4/c1-13(22)21(2)17-10-9-16(18(17)25-4)19(23)20-11-14-7-5-6-8-15(14)12-24-3/h5-8,16-18H,9-12H2,1-4H3,(H,20,23)/t16-,17-,18+/m1/s1. The summed E-state index contributed by atoms with van der Waals surface area (Å²) in [6, 6.07) is 7.84. The number of rotatable bonds is 7. The second kappa shape index (κ2) is 8.97. The highest BCUT2D eigenvalue weighted by molar-refractivity contribution is 5.80. The second-order valence-corrected chi connectivity index (χ2v) is 6.50. The third kappa shape index (κ3) is 4.58. The third-order valence-electron chi connectivity index (χ3n) is 5.02. The molecule has 25 heavy (non-hydrogen) atoms. The fraction of sp³-hybridized carbons (Fsp3) is 0.579. The van der Waals surface area contributed by atoms with Crippen molar-refractivity contribution in [3.63, 3.8) is 0 Å². The first-order chi connectivity index (χ1) is 12.0. The van der Waals surface area contributed by atoms with Gasteiger partial charge in [-0.1, -0.05) is 24.3 Å². The Balaban J connectivity index is 2.00. The lowest BCUT2D eigenvalue weighted by Gasteiger charge is -2.30. The monoisotopic (exact) mass is 348 g/mol. The molecule has 6 nitrogen and oxygen atoms in total. The van der Waals surface area contributed by atoms with E-state index in [4.69, 9.17) is 9.47 Å². The molecule has 1 aliphatic rings. The summed E-state index contributed by atoms with van der Waals surface area (Å²) in [6.07, 6.45) is 1.21. The minimum absolute atomic E-state index is 0.0124. The first kappa shape index (κ1) is 19.4. The molecule has 6 heteroatoms. The van der Waals surface area contributed by atoms with Crippen molar-refractivity contribution in [2.75, 3.05) is 21.3 Å². The molecule has 1 aromatic carbocycles. The van der Waals surface area contributed by atoms with Gasteiger partial charge in [0.05, 0.1) is 24.7 Å².